The second-order valence-electron chi connectivity index (χ2n) is 15.1. The number of aliphatic carboxylic acids is 1. The highest BCUT2D eigenvalue weighted by Crippen LogP contribution is 2.37. The Morgan fingerprint density at radius 1 is 0.644 bits per heavy atom. The summed E-state index contributed by atoms with van der Waals surface area (Å²) in [6.45, 7) is 5.82. The lowest BCUT2D eigenvalue weighted by Crippen LogP contribution is -2.67. The van der Waals surface area contributed by atoms with E-state index in [-0.39, 0.29) is 12.9 Å². The Kier molecular flexibility index (Phi) is 16.0. The van der Waals surface area contributed by atoms with Crippen LogP contribution in [0, 0.1) is 5.92 Å². The van der Waals surface area contributed by atoms with Gasteiger partial charge in [0.25, 0.3) is 6.47 Å². The standard InChI is InChI=1S/C32H55N3O23S/c1-8-16(37)22(54-30-14(34)18(39)17(38)10(3)50-30)25(26(42)43)56-27(8)52-13-6-12(33)28(49-9(13)2)55-23-20(41)24(58-59(44,45)46)32(57-31(23)48-7-36)53-21-11(4)51-29(47-5)15(35)19(21)40/h7-25,27-32,37-41H,6,33-35H2,1-5H3,(H,42,43)(H,44,45,46)/t8?,9?,10-,11?,12?,13-,14?,15?,16+,17+,18+,19+,20-,21+,22-,23-,24?,25+,27+,28+,29-,30+,31?,32+/m0/s1. The predicted molar refractivity (Wildman–Crippen MR) is 186 cm³/mol. The molecule has 342 valence electrons. The Labute approximate surface area is 337 Å². The summed E-state index contributed by atoms with van der Waals surface area (Å²) in [6.07, 6.45) is -29.9. The Bertz CT molecular complexity index is 1520. The average molecular weight is 882 g/mol. The van der Waals surface area contributed by atoms with Gasteiger partial charge in [0.15, 0.2) is 49.8 Å². The molecule has 13 N–H and O–H groups in total. The normalized spacial score (nSPS) is 49.9. The molecule has 0 aliphatic carbocycles. The van der Waals surface area contributed by atoms with Gasteiger partial charge in [-0.05, 0) is 27.2 Å². The molecule has 27 heteroatoms. The number of carboxylic acids is 1. The van der Waals surface area contributed by atoms with Crippen molar-refractivity contribution in [2.75, 3.05) is 7.11 Å². The third kappa shape index (κ3) is 10.7. The molecule has 8 unspecified atom stereocenters. The number of rotatable bonds is 14. The van der Waals surface area contributed by atoms with E-state index in [4.69, 9.17) is 73.5 Å². The fourth-order valence-electron chi connectivity index (χ4n) is 7.47. The van der Waals surface area contributed by atoms with Crippen LogP contribution in [-0.2, 0) is 76.3 Å². The van der Waals surface area contributed by atoms with Crippen LogP contribution in [0.25, 0.3) is 0 Å². The summed E-state index contributed by atoms with van der Waals surface area (Å²) in [5, 5.41) is 63.9. The second-order valence-corrected chi connectivity index (χ2v) is 16.1. The van der Waals surface area contributed by atoms with E-state index < -0.39 is 164 Å². The van der Waals surface area contributed by atoms with E-state index in [1.165, 1.54) is 34.8 Å². The van der Waals surface area contributed by atoms with Crippen LogP contribution in [0.4, 0.5) is 0 Å². The van der Waals surface area contributed by atoms with Gasteiger partial charge in [0.1, 0.15) is 36.6 Å². The van der Waals surface area contributed by atoms with E-state index in [0.29, 0.717) is 0 Å². The molecule has 0 bridgehead atoms. The highest BCUT2D eigenvalue weighted by molar-refractivity contribution is 7.80. The maximum Gasteiger partial charge on any atom is 0.397 e. The first-order chi connectivity index (χ1) is 27.6. The lowest BCUT2D eigenvalue weighted by molar-refractivity contribution is -0.385. The molecule has 24 atom stereocenters. The first-order valence-corrected chi connectivity index (χ1v) is 20.0. The Morgan fingerprint density at radius 2 is 1.24 bits per heavy atom. The van der Waals surface area contributed by atoms with Gasteiger partial charge >= 0.3 is 16.4 Å². The molecular formula is C32H55N3O23S. The number of hydrogen-bond acceptors (Lipinski definition) is 24. The number of hydrogen-bond donors (Lipinski definition) is 10. The largest absolute Gasteiger partial charge is 0.479 e. The van der Waals surface area contributed by atoms with Crippen LogP contribution in [0.15, 0.2) is 0 Å². The minimum Gasteiger partial charge on any atom is -0.479 e. The lowest BCUT2D eigenvalue weighted by Gasteiger charge is -2.48. The van der Waals surface area contributed by atoms with Gasteiger partial charge in [0.05, 0.1) is 48.6 Å². The molecule has 5 fully saturated rings. The number of carbonyl (C=O) groups is 2. The minimum atomic E-state index is -5.35. The van der Waals surface area contributed by atoms with Gasteiger partial charge in [-0.1, -0.05) is 6.92 Å². The number of carboxylic acid groups (broad SMARTS) is 1. The van der Waals surface area contributed by atoms with E-state index in [1.807, 2.05) is 0 Å². The van der Waals surface area contributed by atoms with Crippen molar-refractivity contribution in [1.29, 1.82) is 0 Å². The lowest BCUT2D eigenvalue weighted by atomic mass is 9.91. The quantitative estimate of drug-likeness (QED) is 0.0573. The molecule has 59 heavy (non-hydrogen) atoms. The summed E-state index contributed by atoms with van der Waals surface area (Å²) >= 11 is 0. The van der Waals surface area contributed by atoms with Crippen LogP contribution < -0.4 is 17.2 Å². The maximum atomic E-state index is 12.3. The third-order valence-electron chi connectivity index (χ3n) is 10.9. The number of nitrogens with two attached hydrogens (primary N) is 3. The van der Waals surface area contributed by atoms with E-state index >= 15 is 0 Å². The topological polar surface area (TPSA) is 399 Å². The fourth-order valence-corrected chi connectivity index (χ4v) is 7.95. The van der Waals surface area contributed by atoms with Gasteiger partial charge in [-0.3, -0.25) is 9.35 Å². The van der Waals surface area contributed by atoms with Gasteiger partial charge in [-0.2, -0.15) is 8.42 Å². The molecule has 5 aliphatic heterocycles. The number of methoxy groups -OCH3 is 1. The molecule has 5 rings (SSSR count). The molecule has 0 aromatic rings. The Balaban J connectivity index is 1.26. The van der Waals surface area contributed by atoms with Crippen molar-refractivity contribution in [1.82, 2.24) is 0 Å². The van der Waals surface area contributed by atoms with Crippen LogP contribution in [0.2, 0.25) is 0 Å². The van der Waals surface area contributed by atoms with E-state index in [9.17, 15) is 53.2 Å². The molecular weight excluding hydrogens is 826 g/mol. The van der Waals surface area contributed by atoms with Crippen LogP contribution in [0.3, 0.4) is 0 Å². The van der Waals surface area contributed by atoms with Crippen molar-refractivity contribution < 1.29 is 109 Å². The molecule has 5 aliphatic rings. The summed E-state index contributed by atoms with van der Waals surface area (Å²) in [7, 11) is -4.06. The van der Waals surface area contributed by atoms with Gasteiger partial charge in [0.2, 0.25) is 6.29 Å². The molecule has 0 aromatic carbocycles. The van der Waals surface area contributed by atoms with Crippen molar-refractivity contribution in [3.8, 4) is 0 Å². The zero-order valence-corrected chi connectivity index (χ0v) is 33.3. The van der Waals surface area contributed by atoms with Crippen molar-refractivity contribution in [3.05, 3.63) is 0 Å². The molecule has 5 heterocycles. The van der Waals surface area contributed by atoms with Gasteiger partial charge in [0, 0.05) is 13.0 Å². The van der Waals surface area contributed by atoms with Gasteiger partial charge in [-0.25, -0.2) is 8.98 Å². The summed E-state index contributed by atoms with van der Waals surface area (Å²) in [5.41, 5.74) is 18.4. The smallest absolute Gasteiger partial charge is 0.397 e. The average Bonchev–Trinajstić information content (AvgIpc) is 3.16. The zero-order valence-electron chi connectivity index (χ0n) is 32.4. The first kappa shape index (κ1) is 48.1. The first-order valence-electron chi connectivity index (χ1n) is 18.6. The van der Waals surface area contributed by atoms with Crippen molar-refractivity contribution in [2.24, 2.45) is 23.1 Å². The fraction of sp³-hybridized carbons (Fsp3) is 0.938. The summed E-state index contributed by atoms with van der Waals surface area (Å²) in [5.74, 6) is -2.51. The molecule has 0 spiro atoms. The van der Waals surface area contributed by atoms with Gasteiger partial charge in [-0.15, -0.1) is 0 Å². The van der Waals surface area contributed by atoms with Crippen LogP contribution >= 0.6 is 0 Å². The highest BCUT2D eigenvalue weighted by Gasteiger charge is 2.56. The zero-order chi connectivity index (χ0) is 43.8. The summed E-state index contributed by atoms with van der Waals surface area (Å²) in [6, 6.07) is -3.61. The molecule has 0 amide bonds. The molecule has 5 saturated heterocycles. The maximum absolute atomic E-state index is 12.3. The number of aliphatic hydroxyl groups excluding tert-OH is 5. The number of carbonyl (C=O) groups excluding carboxylic acids is 1. The van der Waals surface area contributed by atoms with Crippen molar-refractivity contribution >= 4 is 22.8 Å². The van der Waals surface area contributed by atoms with Crippen LogP contribution in [0.5, 0.6) is 0 Å². The number of ether oxygens (including phenoxy) is 11. The highest BCUT2D eigenvalue weighted by atomic mass is 32.3. The van der Waals surface area contributed by atoms with Crippen LogP contribution in [0.1, 0.15) is 34.1 Å². The minimum absolute atomic E-state index is 0.0756. The Hall–Kier alpha value is -1.91. The van der Waals surface area contributed by atoms with Gasteiger partial charge < -0.3 is 99.9 Å². The molecule has 0 radical (unpaired) electrons. The Morgan fingerprint density at radius 3 is 1.85 bits per heavy atom. The monoisotopic (exact) mass is 881 g/mol. The van der Waals surface area contributed by atoms with E-state index in [0.717, 1.165) is 0 Å². The summed E-state index contributed by atoms with van der Waals surface area (Å²) < 4.78 is 100. The van der Waals surface area contributed by atoms with Crippen molar-refractivity contribution in [2.45, 2.75) is 175 Å². The van der Waals surface area contributed by atoms with Crippen LogP contribution in [-0.4, -0.2) is 204 Å². The predicted octanol–water partition coefficient (Wildman–Crippen LogP) is -5.93. The van der Waals surface area contributed by atoms with E-state index in [1.54, 1.807) is 0 Å². The van der Waals surface area contributed by atoms with Crippen molar-refractivity contribution in [3.63, 3.8) is 0 Å². The second kappa shape index (κ2) is 19.6. The summed E-state index contributed by atoms with van der Waals surface area (Å²) in [4.78, 5) is 23.9. The molecule has 26 nitrogen and oxygen atoms in total. The molecule has 0 aromatic heterocycles. The SMILES string of the molecule is CO[C@H]1OC(C)[C@@H](O[C@@H]2OC(OC=O)[C@@H](O[C@H]3OC(C)[C@@H](O[C@@H]4O[C@@H](C(=O)O)[C@@H](O[C@H]5O[C@@H](C)[C@@H](O)[C@H](O)C5N)[C@H](O)C4C)CC3N)[C@H](O)C2OS(=O)(=O)O)[C@H](O)C1N. The molecule has 0 saturated carbocycles. The number of aliphatic hydroxyl groups is 5. The van der Waals surface area contributed by atoms with E-state index in [2.05, 4.69) is 0 Å². The third-order valence-corrected chi connectivity index (χ3v) is 11.4.